The third-order valence-electron chi connectivity index (χ3n) is 5.46. The highest BCUT2D eigenvalue weighted by Crippen LogP contribution is 2.39. The zero-order valence-electron chi connectivity index (χ0n) is 17.9. The molecular weight excluding hydrogens is 420 g/mol. The summed E-state index contributed by atoms with van der Waals surface area (Å²) in [7, 11) is 4.75. The van der Waals surface area contributed by atoms with Crippen molar-refractivity contribution in [3.05, 3.63) is 58.6 Å². The highest BCUT2D eigenvalue weighted by molar-refractivity contribution is 6.30. The topological polar surface area (TPSA) is 77.1 Å². The second-order valence-corrected chi connectivity index (χ2v) is 7.76. The molecule has 8 heteroatoms. The molecular formula is C23H27ClN2O5. The molecule has 7 nitrogen and oxygen atoms in total. The molecule has 0 bridgehead atoms. The third kappa shape index (κ3) is 5.29. The van der Waals surface area contributed by atoms with Crippen molar-refractivity contribution in [2.45, 2.75) is 5.92 Å². The van der Waals surface area contributed by atoms with Gasteiger partial charge in [0.1, 0.15) is 11.5 Å². The summed E-state index contributed by atoms with van der Waals surface area (Å²) in [6, 6.07) is 12.3. The van der Waals surface area contributed by atoms with Crippen LogP contribution in [0.1, 0.15) is 21.8 Å². The van der Waals surface area contributed by atoms with E-state index in [9.17, 15) is 9.59 Å². The van der Waals surface area contributed by atoms with Crippen LogP contribution in [0.5, 0.6) is 11.5 Å². The summed E-state index contributed by atoms with van der Waals surface area (Å²) in [5, 5.41) is 3.40. The number of hydrogen-bond acceptors (Lipinski definition) is 5. The molecule has 31 heavy (non-hydrogen) atoms. The fourth-order valence-electron chi connectivity index (χ4n) is 3.89. The molecule has 1 aliphatic rings. The number of nitrogens with one attached hydrogen (secondary N) is 1. The number of rotatable bonds is 8. The van der Waals surface area contributed by atoms with Crippen LogP contribution in [0.2, 0.25) is 5.02 Å². The van der Waals surface area contributed by atoms with E-state index >= 15 is 0 Å². The molecule has 1 heterocycles. The average Bonchev–Trinajstić information content (AvgIpc) is 3.23. The molecule has 0 spiro atoms. The number of ether oxygens (including phenoxy) is 3. The maximum atomic E-state index is 13.1. The molecule has 0 unspecified atom stereocenters. The Morgan fingerprint density at radius 2 is 1.90 bits per heavy atom. The number of benzene rings is 2. The lowest BCUT2D eigenvalue weighted by Crippen LogP contribution is -2.37. The van der Waals surface area contributed by atoms with Crippen LogP contribution in [0.3, 0.4) is 0 Å². The summed E-state index contributed by atoms with van der Waals surface area (Å²) in [5.74, 6) is 0.338. The van der Waals surface area contributed by atoms with Crippen molar-refractivity contribution in [3.8, 4) is 11.5 Å². The number of methoxy groups -OCH3 is 3. The number of carbonyl (C=O) groups excluding carboxylic acids is 2. The van der Waals surface area contributed by atoms with Gasteiger partial charge in [-0.1, -0.05) is 23.7 Å². The van der Waals surface area contributed by atoms with Crippen LogP contribution in [0.15, 0.2) is 42.5 Å². The van der Waals surface area contributed by atoms with Crippen molar-refractivity contribution in [2.75, 3.05) is 47.6 Å². The number of likely N-dealkylation sites (tertiary alicyclic amines) is 1. The Hall–Kier alpha value is -2.77. The summed E-state index contributed by atoms with van der Waals surface area (Å²) >= 11 is 6.06. The first kappa shape index (κ1) is 22.9. The van der Waals surface area contributed by atoms with Crippen molar-refractivity contribution in [1.29, 1.82) is 0 Å². The summed E-state index contributed by atoms with van der Waals surface area (Å²) < 4.78 is 15.9. The lowest BCUT2D eigenvalue weighted by Gasteiger charge is -2.21. The molecule has 0 aliphatic carbocycles. The molecule has 166 valence electrons. The first-order valence-electron chi connectivity index (χ1n) is 10.0. The standard InChI is InChI=1S/C23H27ClN2O5/c1-29-10-9-25-22(27)20-14-26(23(28)15-5-4-6-16(24)11-15)13-19(20)18-8-7-17(30-2)12-21(18)31-3/h4-8,11-12,19-20H,9-10,13-14H2,1-3H3,(H,25,27)/t19-,20-/m1/s1. The molecule has 2 amide bonds. The molecule has 1 N–H and O–H groups in total. The van der Waals surface area contributed by atoms with Gasteiger partial charge < -0.3 is 24.4 Å². The van der Waals surface area contributed by atoms with Crippen molar-refractivity contribution in [1.82, 2.24) is 10.2 Å². The van der Waals surface area contributed by atoms with Gasteiger partial charge in [0.2, 0.25) is 5.91 Å². The van der Waals surface area contributed by atoms with Gasteiger partial charge >= 0.3 is 0 Å². The molecule has 2 aromatic carbocycles. The second-order valence-electron chi connectivity index (χ2n) is 7.33. The Labute approximate surface area is 187 Å². The largest absolute Gasteiger partial charge is 0.497 e. The van der Waals surface area contributed by atoms with Gasteiger partial charge in [0.05, 0.1) is 26.7 Å². The summed E-state index contributed by atoms with van der Waals surface area (Å²) in [4.78, 5) is 27.8. The fraction of sp³-hybridized carbons (Fsp3) is 0.391. The van der Waals surface area contributed by atoms with Crippen molar-refractivity contribution in [2.24, 2.45) is 5.92 Å². The molecule has 1 aliphatic heterocycles. The van der Waals surface area contributed by atoms with Crippen molar-refractivity contribution >= 4 is 23.4 Å². The summed E-state index contributed by atoms with van der Waals surface area (Å²) in [6.45, 7) is 1.50. The van der Waals surface area contributed by atoms with E-state index < -0.39 is 5.92 Å². The van der Waals surface area contributed by atoms with Gasteiger partial charge in [-0.25, -0.2) is 0 Å². The molecule has 0 aromatic heterocycles. The second kappa shape index (κ2) is 10.5. The van der Waals surface area contributed by atoms with Crippen LogP contribution < -0.4 is 14.8 Å². The van der Waals surface area contributed by atoms with Gasteiger partial charge in [0, 0.05) is 54.9 Å². The van der Waals surface area contributed by atoms with Crippen LogP contribution >= 0.6 is 11.6 Å². The molecule has 2 aromatic rings. The van der Waals surface area contributed by atoms with Crippen LogP contribution in [0.4, 0.5) is 0 Å². The highest BCUT2D eigenvalue weighted by atomic mass is 35.5. The van der Waals surface area contributed by atoms with E-state index in [-0.39, 0.29) is 17.7 Å². The molecule has 2 atom stereocenters. The summed E-state index contributed by atoms with van der Waals surface area (Å²) in [6.07, 6.45) is 0. The van der Waals surface area contributed by atoms with E-state index in [4.69, 9.17) is 25.8 Å². The van der Waals surface area contributed by atoms with Crippen molar-refractivity contribution in [3.63, 3.8) is 0 Å². The molecule has 0 saturated carbocycles. The number of amides is 2. The van der Waals surface area contributed by atoms with Crippen LogP contribution in [0.25, 0.3) is 0 Å². The molecule has 1 fully saturated rings. The minimum atomic E-state index is -0.428. The smallest absolute Gasteiger partial charge is 0.253 e. The van der Waals surface area contributed by atoms with Gasteiger partial charge in [-0.05, 0) is 24.3 Å². The Morgan fingerprint density at radius 1 is 1.10 bits per heavy atom. The quantitative estimate of drug-likeness (QED) is 0.631. The highest BCUT2D eigenvalue weighted by Gasteiger charge is 2.41. The lowest BCUT2D eigenvalue weighted by molar-refractivity contribution is -0.125. The maximum absolute atomic E-state index is 13.1. The van der Waals surface area contributed by atoms with Crippen LogP contribution in [-0.2, 0) is 9.53 Å². The predicted molar refractivity (Wildman–Crippen MR) is 118 cm³/mol. The number of hydrogen-bond donors (Lipinski definition) is 1. The lowest BCUT2D eigenvalue weighted by atomic mass is 9.87. The van der Waals surface area contributed by atoms with Gasteiger partial charge in [-0.2, -0.15) is 0 Å². The maximum Gasteiger partial charge on any atom is 0.253 e. The Bertz CT molecular complexity index is 936. The molecule has 1 saturated heterocycles. The Morgan fingerprint density at radius 3 is 2.58 bits per heavy atom. The third-order valence-corrected chi connectivity index (χ3v) is 5.70. The van der Waals surface area contributed by atoms with Crippen LogP contribution in [-0.4, -0.2) is 64.3 Å². The normalized spacial score (nSPS) is 18.0. The number of nitrogens with zero attached hydrogens (tertiary/aromatic N) is 1. The first-order chi connectivity index (χ1) is 15.0. The Kier molecular flexibility index (Phi) is 7.76. The molecule has 0 radical (unpaired) electrons. The zero-order valence-corrected chi connectivity index (χ0v) is 18.6. The monoisotopic (exact) mass is 446 g/mol. The average molecular weight is 447 g/mol. The van der Waals surface area contributed by atoms with Gasteiger partial charge in [0.15, 0.2) is 0 Å². The first-order valence-corrected chi connectivity index (χ1v) is 10.4. The van der Waals surface area contributed by atoms with E-state index in [1.54, 1.807) is 56.6 Å². The van der Waals surface area contributed by atoms with Crippen molar-refractivity contribution < 1.29 is 23.8 Å². The molecule has 3 rings (SSSR count). The van der Waals surface area contributed by atoms with E-state index in [2.05, 4.69) is 5.32 Å². The zero-order chi connectivity index (χ0) is 22.4. The SMILES string of the molecule is COCCNC(=O)[C@@H]1CN(C(=O)c2cccc(Cl)c2)C[C@@H]1c1ccc(OC)cc1OC. The van der Waals surface area contributed by atoms with Gasteiger partial charge in [-0.15, -0.1) is 0 Å². The van der Waals surface area contributed by atoms with Crippen LogP contribution in [0, 0.1) is 5.92 Å². The summed E-state index contributed by atoms with van der Waals surface area (Å²) in [5.41, 5.74) is 1.35. The predicted octanol–water partition coefficient (Wildman–Crippen LogP) is 2.98. The number of halogens is 1. The van der Waals surface area contributed by atoms with Gasteiger partial charge in [-0.3, -0.25) is 9.59 Å². The van der Waals surface area contributed by atoms with Gasteiger partial charge in [0.25, 0.3) is 5.91 Å². The fourth-order valence-corrected chi connectivity index (χ4v) is 4.08. The van der Waals surface area contributed by atoms with E-state index in [0.717, 1.165) is 5.56 Å². The number of carbonyl (C=O) groups is 2. The minimum absolute atomic E-state index is 0.124. The Balaban J connectivity index is 1.90. The minimum Gasteiger partial charge on any atom is -0.497 e. The van der Waals surface area contributed by atoms with E-state index in [1.807, 2.05) is 12.1 Å². The van der Waals surface area contributed by atoms with E-state index in [1.165, 1.54) is 0 Å². The van der Waals surface area contributed by atoms with E-state index in [0.29, 0.717) is 48.3 Å².